The zero-order valence-electron chi connectivity index (χ0n) is 17.3. The Balaban J connectivity index is 2.61. The molecule has 0 aliphatic heterocycles. The van der Waals surface area contributed by atoms with Gasteiger partial charge in [0.15, 0.2) is 6.61 Å². The van der Waals surface area contributed by atoms with E-state index in [4.69, 9.17) is 4.74 Å². The number of ether oxygens (including phenoxy) is 1. The Morgan fingerprint density at radius 3 is 1.97 bits per heavy atom. The molecule has 0 spiro atoms. The maximum atomic E-state index is 12.4. The maximum Gasteiger partial charge on any atom is 0.325 e. The van der Waals surface area contributed by atoms with Crippen LogP contribution in [0, 0.1) is 0 Å². The fourth-order valence-corrected chi connectivity index (χ4v) is 4.06. The molecule has 2 amide bonds. The molecule has 0 aliphatic carbocycles. The quantitative estimate of drug-likeness (QED) is 0.524. The van der Waals surface area contributed by atoms with E-state index in [1.165, 1.54) is 33.5 Å². The van der Waals surface area contributed by atoms with Gasteiger partial charge < -0.3 is 15.0 Å². The summed E-state index contributed by atoms with van der Waals surface area (Å²) >= 11 is 0. The largest absolute Gasteiger partial charge is 0.454 e. The van der Waals surface area contributed by atoms with Gasteiger partial charge in [0.1, 0.15) is 6.54 Å². The molecule has 0 heterocycles. The lowest BCUT2D eigenvalue weighted by Crippen LogP contribution is -2.36. The molecule has 0 aromatic heterocycles. The molecule has 1 aromatic carbocycles. The van der Waals surface area contributed by atoms with Crippen molar-refractivity contribution in [1.29, 1.82) is 0 Å². The highest BCUT2D eigenvalue weighted by Gasteiger charge is 2.21. The SMILES string of the molecule is CCN(CC)C(=O)COC(=O)CNC(=O)c1ccc(S(=O)(=O)N(CC)CC)cc1. The van der Waals surface area contributed by atoms with Crippen LogP contribution >= 0.6 is 0 Å². The topological polar surface area (TPSA) is 113 Å². The summed E-state index contributed by atoms with van der Waals surface area (Å²) in [5.41, 5.74) is 0.204. The van der Waals surface area contributed by atoms with Crippen LogP contribution in [0.25, 0.3) is 0 Å². The van der Waals surface area contributed by atoms with Crippen LogP contribution in [0.3, 0.4) is 0 Å². The number of rotatable bonds is 11. The van der Waals surface area contributed by atoms with Crippen LogP contribution < -0.4 is 5.32 Å². The number of sulfonamides is 1. The summed E-state index contributed by atoms with van der Waals surface area (Å²) in [5.74, 6) is -1.59. The van der Waals surface area contributed by atoms with Gasteiger partial charge in [0.25, 0.3) is 11.8 Å². The Bertz CT molecular complexity index is 800. The smallest absolute Gasteiger partial charge is 0.325 e. The van der Waals surface area contributed by atoms with Crippen LogP contribution in [-0.2, 0) is 24.3 Å². The van der Waals surface area contributed by atoms with E-state index in [1.807, 2.05) is 13.8 Å². The average Bonchev–Trinajstić information content (AvgIpc) is 2.72. The molecule has 29 heavy (non-hydrogen) atoms. The Hall–Kier alpha value is -2.46. The molecule has 0 unspecified atom stereocenters. The predicted molar refractivity (Wildman–Crippen MR) is 108 cm³/mol. The minimum atomic E-state index is -3.60. The van der Waals surface area contributed by atoms with E-state index in [2.05, 4.69) is 5.32 Å². The van der Waals surface area contributed by atoms with Gasteiger partial charge in [-0.05, 0) is 38.1 Å². The molecule has 10 heteroatoms. The summed E-state index contributed by atoms with van der Waals surface area (Å²) in [6, 6.07) is 5.45. The van der Waals surface area contributed by atoms with Gasteiger partial charge in [0.05, 0.1) is 4.90 Å². The number of likely N-dealkylation sites (N-methyl/N-ethyl adjacent to an activating group) is 1. The van der Waals surface area contributed by atoms with Crippen LogP contribution in [0.1, 0.15) is 38.1 Å². The highest BCUT2D eigenvalue weighted by molar-refractivity contribution is 7.89. The molecule has 162 valence electrons. The van der Waals surface area contributed by atoms with E-state index in [0.29, 0.717) is 26.2 Å². The molecule has 0 saturated carbocycles. The van der Waals surface area contributed by atoms with Gasteiger partial charge >= 0.3 is 5.97 Å². The second-order valence-corrected chi connectivity index (χ2v) is 7.96. The normalized spacial score (nSPS) is 11.2. The molecular weight excluding hydrogens is 398 g/mol. The molecule has 1 rings (SSSR count). The Morgan fingerprint density at radius 1 is 0.931 bits per heavy atom. The third-order valence-electron chi connectivity index (χ3n) is 4.33. The zero-order valence-corrected chi connectivity index (χ0v) is 18.1. The first-order valence-electron chi connectivity index (χ1n) is 9.52. The van der Waals surface area contributed by atoms with Gasteiger partial charge in [-0.15, -0.1) is 0 Å². The summed E-state index contributed by atoms with van der Waals surface area (Å²) in [5, 5.41) is 2.38. The third kappa shape index (κ3) is 6.82. The van der Waals surface area contributed by atoms with Crippen LogP contribution in [0.4, 0.5) is 0 Å². The molecule has 0 aliphatic rings. The van der Waals surface area contributed by atoms with E-state index in [1.54, 1.807) is 13.8 Å². The highest BCUT2D eigenvalue weighted by Crippen LogP contribution is 2.16. The van der Waals surface area contributed by atoms with E-state index in [9.17, 15) is 22.8 Å². The van der Waals surface area contributed by atoms with Crippen molar-refractivity contribution in [3.05, 3.63) is 29.8 Å². The lowest BCUT2D eigenvalue weighted by molar-refractivity contribution is -0.151. The van der Waals surface area contributed by atoms with Crippen LogP contribution in [0.5, 0.6) is 0 Å². The Labute approximate surface area is 172 Å². The molecular formula is C19H29N3O6S. The summed E-state index contributed by atoms with van der Waals surface area (Å²) in [7, 11) is -3.60. The van der Waals surface area contributed by atoms with E-state index in [-0.39, 0.29) is 23.0 Å². The number of carbonyl (C=O) groups excluding carboxylic acids is 3. The van der Waals surface area contributed by atoms with Crippen molar-refractivity contribution in [2.75, 3.05) is 39.3 Å². The number of hydrogen-bond donors (Lipinski definition) is 1. The van der Waals surface area contributed by atoms with Gasteiger partial charge in [-0.3, -0.25) is 14.4 Å². The standard InChI is InChI=1S/C19H29N3O6S/c1-5-21(6-2)17(23)14-28-18(24)13-20-19(25)15-9-11-16(12-10-15)29(26,27)22(7-3)8-4/h9-12H,5-8,13-14H2,1-4H3,(H,20,25). The van der Waals surface area contributed by atoms with E-state index in [0.717, 1.165) is 0 Å². The fraction of sp³-hybridized carbons (Fsp3) is 0.526. The zero-order chi connectivity index (χ0) is 22.0. The summed E-state index contributed by atoms with van der Waals surface area (Å²) in [6.07, 6.45) is 0. The predicted octanol–water partition coefficient (Wildman–Crippen LogP) is 0.859. The molecule has 1 aromatic rings. The van der Waals surface area contributed by atoms with Gasteiger partial charge in [-0.1, -0.05) is 13.8 Å². The van der Waals surface area contributed by atoms with Crippen molar-refractivity contribution in [2.45, 2.75) is 32.6 Å². The van der Waals surface area contributed by atoms with E-state index < -0.39 is 28.4 Å². The number of hydrogen-bond acceptors (Lipinski definition) is 6. The molecule has 0 bridgehead atoms. The molecule has 0 radical (unpaired) electrons. The number of benzene rings is 1. The molecule has 9 nitrogen and oxygen atoms in total. The lowest BCUT2D eigenvalue weighted by atomic mass is 10.2. The summed E-state index contributed by atoms with van der Waals surface area (Å²) < 4.78 is 31.1. The van der Waals surface area contributed by atoms with Gasteiger partial charge in [0.2, 0.25) is 10.0 Å². The monoisotopic (exact) mass is 427 g/mol. The highest BCUT2D eigenvalue weighted by atomic mass is 32.2. The molecule has 1 N–H and O–H groups in total. The minimum absolute atomic E-state index is 0.0899. The number of amides is 2. The summed E-state index contributed by atoms with van der Waals surface area (Å²) in [4.78, 5) is 37.3. The van der Waals surface area contributed by atoms with Gasteiger partial charge in [0, 0.05) is 31.7 Å². The number of carbonyl (C=O) groups is 3. The van der Waals surface area contributed by atoms with Crippen LogP contribution in [-0.4, -0.2) is 74.7 Å². The van der Waals surface area contributed by atoms with Gasteiger partial charge in [-0.2, -0.15) is 4.31 Å². The second-order valence-electron chi connectivity index (χ2n) is 6.02. The number of nitrogens with one attached hydrogen (secondary N) is 1. The third-order valence-corrected chi connectivity index (χ3v) is 6.39. The first-order valence-corrected chi connectivity index (χ1v) is 11.0. The Kier molecular flexibility index (Phi) is 9.76. The Morgan fingerprint density at radius 2 is 1.48 bits per heavy atom. The van der Waals surface area contributed by atoms with Crippen molar-refractivity contribution in [1.82, 2.24) is 14.5 Å². The minimum Gasteiger partial charge on any atom is -0.454 e. The molecule has 0 fully saturated rings. The van der Waals surface area contributed by atoms with Crippen LogP contribution in [0.2, 0.25) is 0 Å². The van der Waals surface area contributed by atoms with E-state index >= 15 is 0 Å². The first kappa shape index (κ1) is 24.6. The number of esters is 1. The van der Waals surface area contributed by atoms with Crippen LogP contribution in [0.15, 0.2) is 29.2 Å². The van der Waals surface area contributed by atoms with Crippen molar-refractivity contribution in [2.24, 2.45) is 0 Å². The lowest BCUT2D eigenvalue weighted by Gasteiger charge is -2.18. The van der Waals surface area contributed by atoms with Crippen molar-refractivity contribution < 1.29 is 27.5 Å². The van der Waals surface area contributed by atoms with Gasteiger partial charge in [-0.25, -0.2) is 8.42 Å². The average molecular weight is 428 g/mol. The van der Waals surface area contributed by atoms with Crippen molar-refractivity contribution in [3.8, 4) is 0 Å². The molecule has 0 atom stereocenters. The molecule has 0 saturated heterocycles. The second kappa shape index (κ2) is 11.5. The number of nitrogens with zero attached hydrogens (tertiary/aromatic N) is 2. The first-order chi connectivity index (χ1) is 13.7. The summed E-state index contributed by atoms with van der Waals surface area (Å²) in [6.45, 7) is 8.09. The van der Waals surface area contributed by atoms with Crippen molar-refractivity contribution >= 4 is 27.8 Å². The maximum absolute atomic E-state index is 12.4. The fourth-order valence-electron chi connectivity index (χ4n) is 2.61. The van der Waals surface area contributed by atoms with Crippen molar-refractivity contribution in [3.63, 3.8) is 0 Å².